The van der Waals surface area contributed by atoms with Gasteiger partial charge in [-0.1, -0.05) is 32.6 Å². The van der Waals surface area contributed by atoms with Crippen LogP contribution in [0.2, 0.25) is 0 Å². The fourth-order valence-electron chi connectivity index (χ4n) is 3.15. The van der Waals surface area contributed by atoms with Crippen molar-refractivity contribution in [3.05, 3.63) is 0 Å². The molecule has 2 aliphatic rings. The summed E-state index contributed by atoms with van der Waals surface area (Å²) in [4.78, 5) is 11.1. The predicted molar refractivity (Wildman–Crippen MR) is 71.2 cm³/mol. The van der Waals surface area contributed by atoms with Gasteiger partial charge in [-0.25, -0.2) is 0 Å². The van der Waals surface area contributed by atoms with Crippen molar-refractivity contribution in [2.24, 2.45) is 5.92 Å². The molecule has 1 aliphatic heterocycles. The number of carboxylic acid groups (broad SMARTS) is 1. The Balaban J connectivity index is 1.92. The molecule has 4 heteroatoms. The molecule has 1 aliphatic carbocycles. The number of carboxylic acids is 1. The fraction of sp³-hybridized carbons (Fsp3) is 0.923. The van der Waals surface area contributed by atoms with Crippen molar-refractivity contribution in [2.75, 3.05) is 5.75 Å². The summed E-state index contributed by atoms with van der Waals surface area (Å²) in [5, 5.41) is 12.4. The van der Waals surface area contributed by atoms with Gasteiger partial charge in [0.2, 0.25) is 0 Å². The smallest absolute Gasteiger partial charge is 0.321 e. The molecule has 1 heterocycles. The van der Waals surface area contributed by atoms with E-state index in [1.54, 1.807) is 0 Å². The molecule has 3 unspecified atom stereocenters. The molecule has 0 amide bonds. The van der Waals surface area contributed by atoms with E-state index in [9.17, 15) is 4.79 Å². The second-order valence-electron chi connectivity index (χ2n) is 5.43. The van der Waals surface area contributed by atoms with E-state index >= 15 is 0 Å². The highest BCUT2D eigenvalue weighted by molar-refractivity contribution is 8.00. The Bertz CT molecular complexity index is 285. The van der Waals surface area contributed by atoms with Crippen LogP contribution >= 0.6 is 11.8 Å². The maximum atomic E-state index is 11.0. The van der Waals surface area contributed by atoms with Crippen LogP contribution in [0.25, 0.3) is 0 Å². The van der Waals surface area contributed by atoms with E-state index < -0.39 is 5.97 Å². The molecule has 0 aromatic rings. The van der Waals surface area contributed by atoms with E-state index in [0.29, 0.717) is 0 Å². The number of thioether (sulfide) groups is 1. The average molecular weight is 257 g/mol. The minimum atomic E-state index is -0.691. The zero-order valence-electron chi connectivity index (χ0n) is 10.6. The van der Waals surface area contributed by atoms with Gasteiger partial charge < -0.3 is 5.11 Å². The Hall–Kier alpha value is -0.220. The first-order valence-corrected chi connectivity index (χ1v) is 7.78. The Morgan fingerprint density at radius 3 is 2.94 bits per heavy atom. The minimum absolute atomic E-state index is 0.0749. The minimum Gasteiger partial charge on any atom is -0.480 e. The van der Waals surface area contributed by atoms with Crippen LogP contribution in [0.1, 0.15) is 51.9 Å². The molecule has 3 atom stereocenters. The molecule has 3 nitrogen and oxygen atoms in total. The standard InChI is InChI=1S/C13H23NO2S/c1-2-4-10-5-3-7-13(8-6-10)14-11(9-17-13)12(15)16/h10-11,14H,2-9H2,1H3,(H,15,16). The zero-order chi connectivity index (χ0) is 12.3. The summed E-state index contributed by atoms with van der Waals surface area (Å²) in [5.74, 6) is 0.905. The van der Waals surface area contributed by atoms with E-state index in [0.717, 1.165) is 24.5 Å². The fourth-order valence-corrected chi connectivity index (χ4v) is 4.63. The summed E-state index contributed by atoms with van der Waals surface area (Å²) in [6.07, 6.45) is 8.74. The van der Waals surface area contributed by atoms with Crippen molar-refractivity contribution in [3.8, 4) is 0 Å². The van der Waals surface area contributed by atoms with Gasteiger partial charge in [-0.05, 0) is 25.2 Å². The molecule has 1 spiro atoms. The summed E-state index contributed by atoms with van der Waals surface area (Å²) in [7, 11) is 0. The van der Waals surface area contributed by atoms with Gasteiger partial charge in [-0.15, -0.1) is 11.8 Å². The highest BCUT2D eigenvalue weighted by Gasteiger charge is 2.42. The number of hydrogen-bond acceptors (Lipinski definition) is 3. The lowest BCUT2D eigenvalue weighted by molar-refractivity contribution is -0.138. The maximum absolute atomic E-state index is 11.0. The quantitative estimate of drug-likeness (QED) is 0.816. The summed E-state index contributed by atoms with van der Waals surface area (Å²) in [6.45, 7) is 2.25. The van der Waals surface area contributed by atoms with Crippen LogP contribution in [-0.4, -0.2) is 27.7 Å². The van der Waals surface area contributed by atoms with Gasteiger partial charge in [0, 0.05) is 5.75 Å². The molecule has 0 aromatic heterocycles. The van der Waals surface area contributed by atoms with Crippen molar-refractivity contribution in [1.82, 2.24) is 5.32 Å². The third kappa shape index (κ3) is 3.16. The van der Waals surface area contributed by atoms with E-state index in [2.05, 4.69) is 12.2 Å². The third-order valence-electron chi connectivity index (χ3n) is 4.11. The molecule has 0 radical (unpaired) electrons. The Morgan fingerprint density at radius 1 is 1.47 bits per heavy atom. The average Bonchev–Trinajstić information content (AvgIpc) is 2.61. The van der Waals surface area contributed by atoms with Gasteiger partial charge in [0.15, 0.2) is 0 Å². The van der Waals surface area contributed by atoms with Crippen LogP contribution in [0.5, 0.6) is 0 Å². The summed E-state index contributed by atoms with van der Waals surface area (Å²) in [6, 6.07) is -0.331. The summed E-state index contributed by atoms with van der Waals surface area (Å²) < 4.78 is 0. The van der Waals surface area contributed by atoms with Gasteiger partial charge in [-0.2, -0.15) is 0 Å². The number of hydrogen-bond donors (Lipinski definition) is 2. The van der Waals surface area contributed by atoms with Crippen molar-refractivity contribution >= 4 is 17.7 Å². The molecule has 0 bridgehead atoms. The van der Waals surface area contributed by atoms with Crippen LogP contribution in [0.3, 0.4) is 0 Å². The third-order valence-corrected chi connectivity index (χ3v) is 5.69. The van der Waals surface area contributed by atoms with Crippen molar-refractivity contribution in [2.45, 2.75) is 62.8 Å². The molecule has 2 fully saturated rings. The second-order valence-corrected chi connectivity index (χ2v) is 6.83. The van der Waals surface area contributed by atoms with Crippen LogP contribution in [0, 0.1) is 5.92 Å². The Kier molecular flexibility index (Phi) is 4.36. The molecule has 0 aromatic carbocycles. The maximum Gasteiger partial charge on any atom is 0.321 e. The first-order chi connectivity index (χ1) is 8.15. The first-order valence-electron chi connectivity index (χ1n) is 6.80. The van der Waals surface area contributed by atoms with E-state index in [-0.39, 0.29) is 10.9 Å². The van der Waals surface area contributed by atoms with Crippen LogP contribution in [-0.2, 0) is 4.79 Å². The van der Waals surface area contributed by atoms with Gasteiger partial charge in [0.05, 0.1) is 4.87 Å². The van der Waals surface area contributed by atoms with Gasteiger partial charge in [0.1, 0.15) is 6.04 Å². The molecular weight excluding hydrogens is 234 g/mol. The van der Waals surface area contributed by atoms with Gasteiger partial charge >= 0.3 is 5.97 Å². The Morgan fingerprint density at radius 2 is 2.29 bits per heavy atom. The van der Waals surface area contributed by atoms with Crippen molar-refractivity contribution < 1.29 is 9.90 Å². The molecular formula is C13H23NO2S. The predicted octanol–water partition coefficient (Wildman–Crippen LogP) is 2.85. The monoisotopic (exact) mass is 257 g/mol. The molecule has 1 saturated carbocycles. The summed E-state index contributed by atoms with van der Waals surface area (Å²) >= 11 is 1.84. The van der Waals surface area contributed by atoms with Crippen LogP contribution < -0.4 is 5.32 Å². The lowest BCUT2D eigenvalue weighted by Crippen LogP contribution is -2.44. The molecule has 17 heavy (non-hydrogen) atoms. The van der Waals surface area contributed by atoms with Crippen LogP contribution in [0.15, 0.2) is 0 Å². The van der Waals surface area contributed by atoms with E-state index in [4.69, 9.17) is 5.11 Å². The lowest BCUT2D eigenvalue weighted by atomic mass is 9.95. The zero-order valence-corrected chi connectivity index (χ0v) is 11.4. The number of aliphatic carboxylic acids is 1. The number of nitrogens with one attached hydrogen (secondary N) is 1. The number of carbonyl (C=O) groups is 1. The van der Waals surface area contributed by atoms with E-state index in [1.807, 2.05) is 11.8 Å². The number of rotatable bonds is 3. The second kappa shape index (κ2) is 5.61. The summed E-state index contributed by atoms with van der Waals surface area (Å²) in [5.41, 5.74) is 0. The molecule has 1 saturated heterocycles. The highest BCUT2D eigenvalue weighted by atomic mass is 32.2. The first kappa shape index (κ1) is 13.2. The normalized spacial score (nSPS) is 38.2. The molecule has 98 valence electrons. The SMILES string of the molecule is CCCC1CCCC2(CC1)NC(C(=O)O)CS2. The van der Waals surface area contributed by atoms with Crippen molar-refractivity contribution in [3.63, 3.8) is 0 Å². The molecule has 2 N–H and O–H groups in total. The van der Waals surface area contributed by atoms with E-state index in [1.165, 1.54) is 32.1 Å². The van der Waals surface area contributed by atoms with Crippen molar-refractivity contribution in [1.29, 1.82) is 0 Å². The lowest BCUT2D eigenvalue weighted by Gasteiger charge is -2.27. The highest BCUT2D eigenvalue weighted by Crippen LogP contribution is 2.43. The van der Waals surface area contributed by atoms with Crippen LogP contribution in [0.4, 0.5) is 0 Å². The Labute approximate surface area is 108 Å². The van der Waals surface area contributed by atoms with Gasteiger partial charge in [-0.3, -0.25) is 10.1 Å². The topological polar surface area (TPSA) is 49.3 Å². The van der Waals surface area contributed by atoms with Gasteiger partial charge in [0.25, 0.3) is 0 Å². The largest absolute Gasteiger partial charge is 0.480 e. The molecule has 2 rings (SSSR count).